The van der Waals surface area contributed by atoms with Crippen LogP contribution in [0.5, 0.6) is 0 Å². The highest BCUT2D eigenvalue weighted by Gasteiger charge is 2.16. The molecule has 0 aliphatic heterocycles. The maximum absolute atomic E-state index is 12.1. The molecule has 1 heterocycles. The third-order valence-electron chi connectivity index (χ3n) is 3.89. The second-order valence-electron chi connectivity index (χ2n) is 5.64. The van der Waals surface area contributed by atoms with E-state index in [4.69, 9.17) is 0 Å². The Morgan fingerprint density at radius 3 is 2.61 bits per heavy atom. The van der Waals surface area contributed by atoms with Crippen LogP contribution in [0.4, 0.5) is 0 Å². The quantitative estimate of drug-likeness (QED) is 0.742. The molecule has 0 saturated heterocycles. The lowest BCUT2D eigenvalue weighted by atomic mass is 9.85. The van der Waals surface area contributed by atoms with Crippen molar-refractivity contribution in [3.63, 3.8) is 0 Å². The second-order valence-corrected chi connectivity index (χ2v) is 5.64. The zero-order valence-electron chi connectivity index (χ0n) is 11.5. The minimum atomic E-state index is 0.215. The average Bonchev–Trinajstić information content (AvgIpc) is 2.36. The number of carbonyl (C=O) groups excluding carboxylic acids is 1. The van der Waals surface area contributed by atoms with Crippen LogP contribution < -0.4 is 0 Å². The summed E-state index contributed by atoms with van der Waals surface area (Å²) in [5.74, 6) is 0.987. The maximum Gasteiger partial charge on any atom is 0.181 e. The predicted octanol–water partition coefficient (Wildman–Crippen LogP) is 4.24. The Hall–Kier alpha value is -1.18. The molecule has 0 N–H and O–H groups in total. The van der Waals surface area contributed by atoms with Gasteiger partial charge in [-0.1, -0.05) is 32.1 Å². The third-order valence-corrected chi connectivity index (χ3v) is 3.89. The van der Waals surface area contributed by atoms with Crippen molar-refractivity contribution in [3.05, 3.63) is 29.1 Å². The van der Waals surface area contributed by atoms with E-state index in [1.165, 1.54) is 32.1 Å². The summed E-state index contributed by atoms with van der Waals surface area (Å²) in [5, 5.41) is 0. The Morgan fingerprint density at radius 1 is 1.22 bits per heavy atom. The predicted molar refractivity (Wildman–Crippen MR) is 73.9 cm³/mol. The fraction of sp³-hybridized carbons (Fsp3) is 0.625. The number of hydrogen-bond acceptors (Lipinski definition) is 2. The number of nitrogens with zero attached hydrogens (tertiary/aromatic N) is 1. The van der Waals surface area contributed by atoms with Gasteiger partial charge in [0.2, 0.25) is 0 Å². The largest absolute Gasteiger partial charge is 0.292 e. The Labute approximate surface area is 110 Å². The smallest absolute Gasteiger partial charge is 0.181 e. The highest BCUT2D eigenvalue weighted by atomic mass is 16.1. The Kier molecular flexibility index (Phi) is 4.51. The van der Waals surface area contributed by atoms with E-state index < -0.39 is 0 Å². The SMILES string of the molecule is Cc1cc(C)nc(C(=O)CCC2CCCCC2)c1. The molecule has 1 aliphatic carbocycles. The zero-order chi connectivity index (χ0) is 13.0. The first kappa shape index (κ1) is 13.3. The first-order chi connectivity index (χ1) is 8.65. The number of ketones is 1. The number of carbonyl (C=O) groups is 1. The lowest BCUT2D eigenvalue weighted by Crippen LogP contribution is -2.10. The summed E-state index contributed by atoms with van der Waals surface area (Å²) in [6.45, 7) is 3.97. The van der Waals surface area contributed by atoms with Crippen molar-refractivity contribution in [1.29, 1.82) is 0 Å². The fourth-order valence-corrected chi connectivity index (χ4v) is 2.92. The average molecular weight is 245 g/mol. The molecule has 2 rings (SSSR count). The molecule has 0 aromatic carbocycles. The molecule has 18 heavy (non-hydrogen) atoms. The van der Waals surface area contributed by atoms with E-state index >= 15 is 0 Å². The molecule has 1 aromatic rings. The molecule has 0 bridgehead atoms. The summed E-state index contributed by atoms with van der Waals surface area (Å²) in [6, 6.07) is 3.92. The zero-order valence-corrected chi connectivity index (χ0v) is 11.5. The van der Waals surface area contributed by atoms with Gasteiger partial charge in [-0.3, -0.25) is 9.78 Å². The van der Waals surface area contributed by atoms with Crippen LogP contribution in [0.1, 0.15) is 66.7 Å². The summed E-state index contributed by atoms with van der Waals surface area (Å²) in [7, 11) is 0. The summed E-state index contributed by atoms with van der Waals surface area (Å²) >= 11 is 0. The monoisotopic (exact) mass is 245 g/mol. The highest BCUT2D eigenvalue weighted by molar-refractivity contribution is 5.94. The van der Waals surface area contributed by atoms with Gasteiger partial charge in [-0.25, -0.2) is 0 Å². The molecule has 2 nitrogen and oxygen atoms in total. The van der Waals surface area contributed by atoms with E-state index in [1.54, 1.807) is 0 Å². The van der Waals surface area contributed by atoms with Gasteiger partial charge in [0.05, 0.1) is 0 Å². The van der Waals surface area contributed by atoms with Gasteiger partial charge >= 0.3 is 0 Å². The van der Waals surface area contributed by atoms with E-state index in [-0.39, 0.29) is 5.78 Å². The topological polar surface area (TPSA) is 30.0 Å². The Balaban J connectivity index is 1.90. The van der Waals surface area contributed by atoms with Crippen molar-refractivity contribution in [1.82, 2.24) is 4.98 Å². The maximum atomic E-state index is 12.1. The molecular formula is C16H23NO. The van der Waals surface area contributed by atoms with Gasteiger partial charge in [0, 0.05) is 12.1 Å². The Bertz CT molecular complexity index is 399. The van der Waals surface area contributed by atoms with Gasteiger partial charge in [-0.15, -0.1) is 0 Å². The van der Waals surface area contributed by atoms with E-state index in [9.17, 15) is 4.79 Å². The number of aryl methyl sites for hydroxylation is 2. The molecule has 98 valence electrons. The molecule has 2 heteroatoms. The highest BCUT2D eigenvalue weighted by Crippen LogP contribution is 2.27. The van der Waals surface area contributed by atoms with Gasteiger partial charge in [-0.2, -0.15) is 0 Å². The number of Topliss-reactive ketones (excluding diaryl/α,β-unsaturated/α-hetero) is 1. The number of aromatic nitrogens is 1. The molecular weight excluding hydrogens is 222 g/mol. The summed E-state index contributed by atoms with van der Waals surface area (Å²) < 4.78 is 0. The summed E-state index contributed by atoms with van der Waals surface area (Å²) in [4.78, 5) is 16.5. The first-order valence-electron chi connectivity index (χ1n) is 7.13. The van der Waals surface area contributed by atoms with Gasteiger partial charge in [0.25, 0.3) is 0 Å². The molecule has 0 amide bonds. The Morgan fingerprint density at radius 2 is 1.94 bits per heavy atom. The van der Waals surface area contributed by atoms with Gasteiger partial charge in [0.15, 0.2) is 5.78 Å². The van der Waals surface area contributed by atoms with Crippen LogP contribution in [0.15, 0.2) is 12.1 Å². The van der Waals surface area contributed by atoms with Crippen LogP contribution in [0.25, 0.3) is 0 Å². The van der Waals surface area contributed by atoms with Gasteiger partial charge in [-0.05, 0) is 43.9 Å². The lowest BCUT2D eigenvalue weighted by molar-refractivity contribution is 0.0965. The first-order valence-corrected chi connectivity index (χ1v) is 7.13. The third kappa shape index (κ3) is 3.66. The minimum Gasteiger partial charge on any atom is -0.292 e. The molecule has 1 aromatic heterocycles. The van der Waals surface area contributed by atoms with Crippen molar-refractivity contribution in [2.45, 2.75) is 58.8 Å². The molecule has 0 spiro atoms. The van der Waals surface area contributed by atoms with Crippen molar-refractivity contribution >= 4 is 5.78 Å². The lowest BCUT2D eigenvalue weighted by Gasteiger charge is -2.20. The van der Waals surface area contributed by atoms with E-state index in [2.05, 4.69) is 4.98 Å². The molecule has 0 atom stereocenters. The minimum absolute atomic E-state index is 0.215. The van der Waals surface area contributed by atoms with Crippen LogP contribution in [0.3, 0.4) is 0 Å². The van der Waals surface area contributed by atoms with Crippen LogP contribution in [0, 0.1) is 19.8 Å². The van der Waals surface area contributed by atoms with Crippen molar-refractivity contribution in [3.8, 4) is 0 Å². The van der Waals surface area contributed by atoms with Crippen LogP contribution in [0.2, 0.25) is 0 Å². The molecule has 1 aliphatic rings. The number of pyridine rings is 1. The summed E-state index contributed by atoms with van der Waals surface area (Å²) in [5.41, 5.74) is 2.72. The van der Waals surface area contributed by atoms with Gasteiger partial charge in [0.1, 0.15) is 5.69 Å². The van der Waals surface area contributed by atoms with E-state index in [0.717, 1.165) is 23.6 Å². The summed E-state index contributed by atoms with van der Waals surface area (Å²) in [6.07, 6.45) is 8.42. The molecule has 0 unspecified atom stereocenters. The second kappa shape index (κ2) is 6.12. The van der Waals surface area contributed by atoms with Crippen LogP contribution in [-0.2, 0) is 0 Å². The standard InChI is InChI=1S/C16H23NO/c1-12-10-13(2)17-15(11-12)16(18)9-8-14-6-4-3-5-7-14/h10-11,14H,3-9H2,1-2H3. The number of rotatable bonds is 4. The van der Waals surface area contributed by atoms with Crippen LogP contribution >= 0.6 is 0 Å². The van der Waals surface area contributed by atoms with Crippen LogP contribution in [-0.4, -0.2) is 10.8 Å². The van der Waals surface area contributed by atoms with Crippen molar-refractivity contribution in [2.75, 3.05) is 0 Å². The number of hydrogen-bond donors (Lipinski definition) is 0. The molecule has 1 saturated carbocycles. The normalized spacial score (nSPS) is 16.8. The fourth-order valence-electron chi connectivity index (χ4n) is 2.92. The van der Waals surface area contributed by atoms with Gasteiger partial charge < -0.3 is 0 Å². The van der Waals surface area contributed by atoms with Crippen molar-refractivity contribution in [2.24, 2.45) is 5.92 Å². The van der Waals surface area contributed by atoms with Crippen molar-refractivity contribution < 1.29 is 4.79 Å². The molecule has 1 fully saturated rings. The molecule has 0 radical (unpaired) electrons. The van der Waals surface area contributed by atoms with E-state index in [1.807, 2.05) is 26.0 Å². The van der Waals surface area contributed by atoms with E-state index in [0.29, 0.717) is 12.1 Å².